The van der Waals surface area contributed by atoms with Crippen molar-refractivity contribution in [1.29, 1.82) is 0 Å². The Bertz CT molecular complexity index is 802. The quantitative estimate of drug-likeness (QED) is 0.824. The zero-order valence-corrected chi connectivity index (χ0v) is 10.6. The molecule has 0 bridgehead atoms. The Kier molecular flexibility index (Phi) is 3.43. The lowest BCUT2D eigenvalue weighted by atomic mass is 9.99. The van der Waals surface area contributed by atoms with E-state index in [9.17, 15) is 18.0 Å². The fourth-order valence-electron chi connectivity index (χ4n) is 1.83. The Hall–Kier alpha value is -2.45. The molecule has 0 aliphatic carbocycles. The number of aromatic carboxylic acids is 1. The summed E-state index contributed by atoms with van der Waals surface area (Å²) in [4.78, 5) is 22.9. The number of hydrogen-bond acceptors (Lipinski definition) is 5. The second kappa shape index (κ2) is 4.91. The third-order valence-corrected chi connectivity index (χ3v) is 2.90. The van der Waals surface area contributed by atoms with Crippen molar-refractivity contribution in [3.05, 3.63) is 47.5 Å². The maximum absolute atomic E-state index is 11.7. The van der Waals surface area contributed by atoms with Gasteiger partial charge in [0.2, 0.25) is 0 Å². The van der Waals surface area contributed by atoms with Gasteiger partial charge in [0.1, 0.15) is 0 Å². The predicted octanol–water partition coefficient (Wildman–Crippen LogP) is 1.50. The molecule has 2 aromatic rings. The van der Waals surface area contributed by atoms with Gasteiger partial charge in [0, 0.05) is 5.39 Å². The van der Waals surface area contributed by atoms with Gasteiger partial charge in [-0.2, -0.15) is 8.42 Å². The summed E-state index contributed by atoms with van der Waals surface area (Å²) >= 11 is 0. The fraction of sp³-hybridized carbons (Fsp3) is 0. The summed E-state index contributed by atoms with van der Waals surface area (Å²) in [6.45, 7) is 0. The van der Waals surface area contributed by atoms with E-state index in [1.165, 1.54) is 24.3 Å². The number of benzene rings is 2. The first kappa shape index (κ1) is 14.0. The molecule has 0 aromatic heterocycles. The fourth-order valence-corrected chi connectivity index (χ4v) is 2.11. The molecule has 0 saturated carbocycles. The zero-order valence-electron chi connectivity index (χ0n) is 9.81. The van der Waals surface area contributed by atoms with E-state index < -0.39 is 22.3 Å². The highest BCUT2D eigenvalue weighted by atomic mass is 32.3. The Balaban J connectivity index is 2.71. The zero-order chi connectivity index (χ0) is 14.9. The first-order chi connectivity index (χ1) is 9.29. The van der Waals surface area contributed by atoms with E-state index in [0.29, 0.717) is 5.39 Å². The third-order valence-electron chi connectivity index (χ3n) is 2.54. The van der Waals surface area contributed by atoms with Crippen LogP contribution in [0.15, 0.2) is 36.4 Å². The Morgan fingerprint density at radius 3 is 2.05 bits per heavy atom. The second-order valence-corrected chi connectivity index (χ2v) is 4.84. The van der Waals surface area contributed by atoms with E-state index in [0.717, 1.165) is 0 Å². The lowest BCUT2D eigenvalue weighted by Crippen LogP contribution is -2.13. The van der Waals surface area contributed by atoms with E-state index >= 15 is 0 Å². The molecular weight excluding hydrogens is 288 g/mol. The predicted molar refractivity (Wildman–Crippen MR) is 67.9 cm³/mol. The molecular formula is C12H8O7S. The minimum Gasteiger partial charge on any atom is -0.478 e. The van der Waals surface area contributed by atoms with Crippen LogP contribution in [-0.4, -0.2) is 30.0 Å². The van der Waals surface area contributed by atoms with Gasteiger partial charge in [0.05, 0.1) is 11.1 Å². The van der Waals surface area contributed by atoms with Crippen LogP contribution in [0.2, 0.25) is 0 Å². The highest BCUT2D eigenvalue weighted by Gasteiger charge is 2.21. The Labute approximate surface area is 113 Å². The van der Waals surface area contributed by atoms with Gasteiger partial charge in [0.15, 0.2) is 0 Å². The highest BCUT2D eigenvalue weighted by molar-refractivity contribution is 7.81. The van der Waals surface area contributed by atoms with Gasteiger partial charge in [-0.05, 0) is 17.5 Å². The van der Waals surface area contributed by atoms with E-state index in [-0.39, 0.29) is 16.5 Å². The average molecular weight is 296 g/mol. The number of fused-ring (bicyclic) bond motifs is 1. The van der Waals surface area contributed by atoms with Gasteiger partial charge in [-0.15, -0.1) is 0 Å². The summed E-state index contributed by atoms with van der Waals surface area (Å²) in [5.41, 5.74) is -0.441. The third kappa shape index (κ3) is 2.76. The van der Waals surface area contributed by atoms with Crippen molar-refractivity contribution in [3.8, 4) is 0 Å². The molecule has 0 spiro atoms. The van der Waals surface area contributed by atoms with E-state index in [1.807, 2.05) is 0 Å². The maximum Gasteiger partial charge on any atom is 0.449 e. The number of hydrogen-bond donors (Lipinski definition) is 2. The average Bonchev–Trinajstić information content (AvgIpc) is 2.35. The molecule has 0 aliphatic rings. The molecule has 0 aliphatic heterocycles. The lowest BCUT2D eigenvalue weighted by molar-refractivity contribution is 0.0698. The van der Waals surface area contributed by atoms with Crippen LogP contribution in [0.1, 0.15) is 20.7 Å². The van der Waals surface area contributed by atoms with Crippen LogP contribution in [0, 0.1) is 0 Å². The molecule has 2 rings (SSSR count). The summed E-state index contributed by atoms with van der Waals surface area (Å²) in [6.07, 6.45) is 0. The van der Waals surface area contributed by atoms with Gasteiger partial charge < -0.3 is 9.29 Å². The summed E-state index contributed by atoms with van der Waals surface area (Å²) < 4.78 is 33.5. The SMILES string of the molecule is O=C(O)c1cccc2cccc(C(=O)OS(=O)(=O)O)c12. The molecule has 8 heteroatoms. The molecule has 7 nitrogen and oxygen atoms in total. The van der Waals surface area contributed by atoms with Crippen molar-refractivity contribution >= 4 is 33.1 Å². The van der Waals surface area contributed by atoms with Crippen LogP contribution in [0.3, 0.4) is 0 Å². The smallest absolute Gasteiger partial charge is 0.449 e. The van der Waals surface area contributed by atoms with Gasteiger partial charge >= 0.3 is 22.3 Å². The lowest BCUT2D eigenvalue weighted by Gasteiger charge is -2.07. The molecule has 0 amide bonds. The number of carbonyl (C=O) groups excluding carboxylic acids is 1. The second-order valence-electron chi connectivity index (χ2n) is 3.81. The van der Waals surface area contributed by atoms with Crippen molar-refractivity contribution in [1.82, 2.24) is 0 Å². The topological polar surface area (TPSA) is 118 Å². The molecule has 2 aromatic carbocycles. The van der Waals surface area contributed by atoms with Crippen molar-refractivity contribution in [2.24, 2.45) is 0 Å². The van der Waals surface area contributed by atoms with Gasteiger partial charge in [-0.3, -0.25) is 4.55 Å². The first-order valence-electron chi connectivity index (χ1n) is 5.26. The van der Waals surface area contributed by atoms with E-state index in [2.05, 4.69) is 4.18 Å². The maximum atomic E-state index is 11.7. The van der Waals surface area contributed by atoms with Gasteiger partial charge in [-0.25, -0.2) is 9.59 Å². The first-order valence-corrected chi connectivity index (χ1v) is 6.62. The Morgan fingerprint density at radius 1 is 1.00 bits per heavy atom. The molecule has 0 radical (unpaired) electrons. The van der Waals surface area contributed by atoms with Crippen molar-refractivity contribution < 1.29 is 31.8 Å². The number of carboxylic acids is 1. The van der Waals surface area contributed by atoms with Crippen LogP contribution < -0.4 is 0 Å². The number of carbonyl (C=O) groups is 2. The minimum atomic E-state index is -4.97. The number of rotatable bonds is 3. The molecule has 20 heavy (non-hydrogen) atoms. The summed E-state index contributed by atoms with van der Waals surface area (Å²) in [6, 6.07) is 8.54. The summed E-state index contributed by atoms with van der Waals surface area (Å²) in [5, 5.41) is 9.57. The molecule has 0 unspecified atom stereocenters. The van der Waals surface area contributed by atoms with Crippen LogP contribution in [0.5, 0.6) is 0 Å². The van der Waals surface area contributed by atoms with Crippen LogP contribution in [-0.2, 0) is 14.6 Å². The standard InChI is InChI=1S/C12H8O7S/c13-11(14)8-5-1-3-7-4-2-6-9(10(7)8)12(15)19-20(16,17)18/h1-6H,(H,13,14)(H,16,17,18). The van der Waals surface area contributed by atoms with E-state index in [1.54, 1.807) is 12.1 Å². The molecule has 0 saturated heterocycles. The molecule has 104 valence electrons. The minimum absolute atomic E-state index is 0.0381. The summed E-state index contributed by atoms with van der Waals surface area (Å²) in [5.74, 6) is -2.63. The van der Waals surface area contributed by atoms with Crippen molar-refractivity contribution in [2.75, 3.05) is 0 Å². The van der Waals surface area contributed by atoms with E-state index in [4.69, 9.17) is 9.66 Å². The normalized spacial score (nSPS) is 11.2. The number of carboxylic acid groups (broad SMARTS) is 1. The molecule has 2 N–H and O–H groups in total. The van der Waals surface area contributed by atoms with Crippen LogP contribution in [0.4, 0.5) is 0 Å². The van der Waals surface area contributed by atoms with Crippen LogP contribution >= 0.6 is 0 Å². The summed E-state index contributed by atoms with van der Waals surface area (Å²) in [7, 11) is -4.97. The highest BCUT2D eigenvalue weighted by Crippen LogP contribution is 2.24. The van der Waals surface area contributed by atoms with Crippen LogP contribution in [0.25, 0.3) is 10.8 Å². The van der Waals surface area contributed by atoms with Crippen molar-refractivity contribution in [2.45, 2.75) is 0 Å². The Morgan fingerprint density at radius 2 is 1.55 bits per heavy atom. The molecule has 0 fully saturated rings. The molecule has 0 atom stereocenters. The van der Waals surface area contributed by atoms with Gasteiger partial charge in [-0.1, -0.05) is 24.3 Å². The molecule has 0 heterocycles. The van der Waals surface area contributed by atoms with Gasteiger partial charge in [0.25, 0.3) is 0 Å². The monoisotopic (exact) mass is 296 g/mol. The van der Waals surface area contributed by atoms with Crippen molar-refractivity contribution in [3.63, 3.8) is 0 Å². The largest absolute Gasteiger partial charge is 0.478 e.